The molecule has 1 aliphatic rings. The zero-order chi connectivity index (χ0) is 14.1. The molecule has 100 valence electrons. The monoisotopic (exact) mass is 265 g/mol. The third-order valence-corrected chi connectivity index (χ3v) is 3.56. The normalized spacial score (nSPS) is 14.3. The lowest BCUT2D eigenvalue weighted by atomic mass is 9.98. The number of fused-ring (bicyclic) bond motifs is 1. The Labute approximate surface area is 117 Å². The smallest absolute Gasteiger partial charge is 0.261 e. The lowest BCUT2D eigenvalue weighted by molar-refractivity contribution is -0.128. The van der Waals surface area contributed by atoms with Crippen molar-refractivity contribution in [1.82, 2.24) is 4.90 Å². The number of amides is 2. The summed E-state index contributed by atoms with van der Waals surface area (Å²) < 4.78 is 0. The standard InChI is InChI=1S/C17H15NO2/c1-12-5-4-6-13(9-12)11-18-16(19)10-14-7-2-3-8-15(14)17(18)20/h2-9H,10-11H2,1H3. The van der Waals surface area contributed by atoms with Gasteiger partial charge in [-0.05, 0) is 24.1 Å². The van der Waals surface area contributed by atoms with Crippen LogP contribution in [-0.4, -0.2) is 16.7 Å². The van der Waals surface area contributed by atoms with Crippen molar-refractivity contribution in [1.29, 1.82) is 0 Å². The van der Waals surface area contributed by atoms with E-state index in [-0.39, 0.29) is 11.8 Å². The van der Waals surface area contributed by atoms with Crippen LogP contribution in [0.4, 0.5) is 0 Å². The zero-order valence-corrected chi connectivity index (χ0v) is 11.3. The summed E-state index contributed by atoms with van der Waals surface area (Å²) in [6, 6.07) is 15.2. The van der Waals surface area contributed by atoms with Gasteiger partial charge in [0.2, 0.25) is 5.91 Å². The van der Waals surface area contributed by atoms with E-state index in [1.165, 1.54) is 4.90 Å². The Balaban J connectivity index is 1.91. The van der Waals surface area contributed by atoms with Gasteiger partial charge in [-0.25, -0.2) is 0 Å². The van der Waals surface area contributed by atoms with E-state index in [0.717, 1.165) is 16.7 Å². The van der Waals surface area contributed by atoms with Crippen LogP contribution in [0.3, 0.4) is 0 Å². The van der Waals surface area contributed by atoms with E-state index >= 15 is 0 Å². The van der Waals surface area contributed by atoms with Crippen LogP contribution < -0.4 is 0 Å². The molecule has 3 heteroatoms. The van der Waals surface area contributed by atoms with E-state index in [0.29, 0.717) is 18.5 Å². The molecule has 2 amide bonds. The van der Waals surface area contributed by atoms with Crippen molar-refractivity contribution in [2.45, 2.75) is 19.9 Å². The second-order valence-corrected chi connectivity index (χ2v) is 5.11. The van der Waals surface area contributed by atoms with Crippen LogP contribution in [0.15, 0.2) is 48.5 Å². The van der Waals surface area contributed by atoms with Crippen LogP contribution in [0.5, 0.6) is 0 Å². The SMILES string of the molecule is Cc1cccc(CN2C(=O)Cc3ccccc3C2=O)c1. The van der Waals surface area contributed by atoms with Crippen LogP contribution in [0, 0.1) is 6.92 Å². The molecular formula is C17H15NO2. The maximum absolute atomic E-state index is 12.4. The van der Waals surface area contributed by atoms with E-state index in [1.807, 2.05) is 49.4 Å². The topological polar surface area (TPSA) is 37.4 Å². The van der Waals surface area contributed by atoms with Crippen molar-refractivity contribution in [3.63, 3.8) is 0 Å². The number of benzene rings is 2. The Hall–Kier alpha value is -2.42. The molecule has 0 atom stereocenters. The van der Waals surface area contributed by atoms with Crippen LogP contribution in [0.25, 0.3) is 0 Å². The van der Waals surface area contributed by atoms with Crippen molar-refractivity contribution in [2.24, 2.45) is 0 Å². The molecule has 3 rings (SSSR count). The molecule has 20 heavy (non-hydrogen) atoms. The lowest BCUT2D eigenvalue weighted by Crippen LogP contribution is -2.41. The maximum atomic E-state index is 12.4. The highest BCUT2D eigenvalue weighted by atomic mass is 16.2. The van der Waals surface area contributed by atoms with Crippen molar-refractivity contribution in [3.8, 4) is 0 Å². The molecule has 1 heterocycles. The van der Waals surface area contributed by atoms with E-state index < -0.39 is 0 Å². The fraction of sp³-hybridized carbons (Fsp3) is 0.176. The number of aryl methyl sites for hydroxylation is 1. The van der Waals surface area contributed by atoms with Crippen molar-refractivity contribution >= 4 is 11.8 Å². The van der Waals surface area contributed by atoms with Gasteiger partial charge in [0.05, 0.1) is 13.0 Å². The number of nitrogens with zero attached hydrogens (tertiary/aromatic N) is 1. The number of imide groups is 1. The Morgan fingerprint density at radius 3 is 2.65 bits per heavy atom. The maximum Gasteiger partial charge on any atom is 0.261 e. The Morgan fingerprint density at radius 1 is 1.05 bits per heavy atom. The van der Waals surface area contributed by atoms with Gasteiger partial charge >= 0.3 is 0 Å². The first kappa shape index (κ1) is 12.6. The number of hydrogen-bond donors (Lipinski definition) is 0. The summed E-state index contributed by atoms with van der Waals surface area (Å²) in [6.45, 7) is 2.34. The molecule has 0 radical (unpaired) electrons. The van der Waals surface area contributed by atoms with E-state index in [2.05, 4.69) is 0 Å². The van der Waals surface area contributed by atoms with Gasteiger partial charge in [0.25, 0.3) is 5.91 Å². The largest absolute Gasteiger partial charge is 0.274 e. The molecule has 0 aliphatic carbocycles. The molecule has 0 bridgehead atoms. The molecule has 0 unspecified atom stereocenters. The third kappa shape index (κ3) is 2.23. The highest BCUT2D eigenvalue weighted by Crippen LogP contribution is 2.21. The summed E-state index contributed by atoms with van der Waals surface area (Å²) in [5.74, 6) is -0.325. The highest BCUT2D eigenvalue weighted by molar-refractivity contribution is 6.09. The molecular weight excluding hydrogens is 250 g/mol. The quantitative estimate of drug-likeness (QED) is 0.783. The van der Waals surface area contributed by atoms with Gasteiger partial charge < -0.3 is 0 Å². The van der Waals surface area contributed by atoms with Crippen molar-refractivity contribution < 1.29 is 9.59 Å². The summed E-state index contributed by atoms with van der Waals surface area (Å²) in [6.07, 6.45) is 0.299. The Kier molecular flexibility index (Phi) is 3.11. The van der Waals surface area contributed by atoms with Crippen molar-refractivity contribution in [3.05, 3.63) is 70.8 Å². The van der Waals surface area contributed by atoms with Crippen LogP contribution in [0.1, 0.15) is 27.0 Å². The first-order chi connectivity index (χ1) is 9.65. The second kappa shape index (κ2) is 4.93. The molecule has 0 N–H and O–H groups in total. The lowest BCUT2D eigenvalue weighted by Gasteiger charge is -2.26. The zero-order valence-electron chi connectivity index (χ0n) is 11.3. The molecule has 0 aromatic heterocycles. The minimum Gasteiger partial charge on any atom is -0.274 e. The van der Waals surface area contributed by atoms with Gasteiger partial charge in [-0.15, -0.1) is 0 Å². The molecule has 0 fully saturated rings. The Morgan fingerprint density at radius 2 is 1.85 bits per heavy atom. The third-order valence-electron chi connectivity index (χ3n) is 3.56. The predicted molar refractivity (Wildman–Crippen MR) is 76.2 cm³/mol. The average molecular weight is 265 g/mol. The minimum atomic E-state index is -0.196. The first-order valence-corrected chi connectivity index (χ1v) is 6.63. The first-order valence-electron chi connectivity index (χ1n) is 6.63. The fourth-order valence-corrected chi connectivity index (χ4v) is 2.55. The van der Waals surface area contributed by atoms with Crippen LogP contribution in [0.2, 0.25) is 0 Å². The predicted octanol–water partition coefficient (Wildman–Crippen LogP) is 2.72. The molecule has 0 saturated carbocycles. The summed E-state index contributed by atoms with van der Waals surface area (Å²) in [7, 11) is 0. The minimum absolute atomic E-state index is 0.129. The molecule has 3 nitrogen and oxygen atoms in total. The molecule has 2 aromatic rings. The summed E-state index contributed by atoms with van der Waals surface area (Å²) in [5.41, 5.74) is 3.56. The summed E-state index contributed by atoms with van der Waals surface area (Å²) in [5, 5.41) is 0. The van der Waals surface area contributed by atoms with Gasteiger partial charge in [0.15, 0.2) is 0 Å². The van der Waals surface area contributed by atoms with Crippen LogP contribution in [-0.2, 0) is 17.8 Å². The van der Waals surface area contributed by atoms with Gasteiger partial charge in [-0.3, -0.25) is 14.5 Å². The number of hydrogen-bond acceptors (Lipinski definition) is 2. The number of carbonyl (C=O) groups excluding carboxylic acids is 2. The Bertz CT molecular complexity index is 691. The molecule has 1 aliphatic heterocycles. The van der Waals surface area contributed by atoms with Gasteiger partial charge in [-0.1, -0.05) is 48.0 Å². The van der Waals surface area contributed by atoms with Gasteiger partial charge in [0.1, 0.15) is 0 Å². The van der Waals surface area contributed by atoms with E-state index in [9.17, 15) is 9.59 Å². The highest BCUT2D eigenvalue weighted by Gasteiger charge is 2.30. The molecule has 0 saturated heterocycles. The number of carbonyl (C=O) groups is 2. The van der Waals surface area contributed by atoms with Gasteiger partial charge in [0, 0.05) is 5.56 Å². The molecule has 2 aromatic carbocycles. The second-order valence-electron chi connectivity index (χ2n) is 5.11. The fourth-order valence-electron chi connectivity index (χ4n) is 2.55. The van der Waals surface area contributed by atoms with E-state index in [1.54, 1.807) is 6.07 Å². The summed E-state index contributed by atoms with van der Waals surface area (Å²) >= 11 is 0. The summed E-state index contributed by atoms with van der Waals surface area (Å²) in [4.78, 5) is 25.9. The van der Waals surface area contributed by atoms with Crippen molar-refractivity contribution in [2.75, 3.05) is 0 Å². The molecule has 0 spiro atoms. The average Bonchev–Trinajstić information content (AvgIpc) is 2.43. The number of rotatable bonds is 2. The van der Waals surface area contributed by atoms with E-state index in [4.69, 9.17) is 0 Å². The van der Waals surface area contributed by atoms with Gasteiger partial charge in [-0.2, -0.15) is 0 Å². The van der Waals surface area contributed by atoms with Crippen LogP contribution >= 0.6 is 0 Å².